The summed E-state index contributed by atoms with van der Waals surface area (Å²) in [4.78, 5) is 8.26. The topological polar surface area (TPSA) is 54.2 Å². The second-order valence-corrected chi connectivity index (χ2v) is 12.3. The number of phenols is 1. The quantitative estimate of drug-likeness (QED) is 0.179. The van der Waals surface area contributed by atoms with Crippen LogP contribution in [0.4, 0.5) is 0 Å². The highest BCUT2D eigenvalue weighted by molar-refractivity contribution is 7.78. The first-order chi connectivity index (χ1) is 17.4. The maximum Gasteiger partial charge on any atom is 0.127 e. The van der Waals surface area contributed by atoms with E-state index in [2.05, 4.69) is 58.5 Å². The highest BCUT2D eigenvalue weighted by Crippen LogP contribution is 2.57. The number of rotatable bonds is 11. The van der Waals surface area contributed by atoms with E-state index in [0.29, 0.717) is 23.5 Å². The molecule has 196 valence electrons. The van der Waals surface area contributed by atoms with Gasteiger partial charge in [0.15, 0.2) is 0 Å². The standard InChI is InChI=1S/C30H42N2O2S2/c1-29(2)25-11-10-22(19-32-21-36)16-24(25)28-26(33)17-23(18-27(28)34-29)30(13-7-8-14-30)12-6-4-3-5-9-15-31-20-35/h17-18,22,24-25,33H,3-16,19H2,1-2H3/t22-,24-,25-/m1/s1. The lowest BCUT2D eigenvalue weighted by Gasteiger charge is -2.49. The van der Waals surface area contributed by atoms with Crippen molar-refractivity contribution in [3.8, 4) is 11.5 Å². The number of benzene rings is 1. The molecule has 1 aromatic rings. The zero-order valence-corrected chi connectivity index (χ0v) is 23.7. The number of phenolic OH excluding ortho intramolecular Hbond substituents is 1. The number of aromatic hydroxyl groups is 1. The summed E-state index contributed by atoms with van der Waals surface area (Å²) in [5, 5.41) is 16.4. The molecule has 3 atom stereocenters. The SMILES string of the molecule is CC1(C)Oc2cc(C3(CCCCCCCN=C=S)CCCC3)cc(O)c2[C@@H]2C[C@H](CN=C=S)CC[C@H]21. The van der Waals surface area contributed by atoms with E-state index < -0.39 is 0 Å². The fourth-order valence-corrected chi connectivity index (χ4v) is 7.61. The van der Waals surface area contributed by atoms with Crippen molar-refractivity contribution in [2.45, 2.75) is 114 Å². The van der Waals surface area contributed by atoms with Crippen LogP contribution in [0.1, 0.15) is 114 Å². The molecule has 0 spiro atoms. The van der Waals surface area contributed by atoms with Crippen LogP contribution in [0.2, 0.25) is 0 Å². The molecule has 4 nitrogen and oxygen atoms in total. The number of fused-ring (bicyclic) bond motifs is 3. The second-order valence-electron chi connectivity index (χ2n) is 11.9. The number of hydrogen-bond donors (Lipinski definition) is 1. The van der Waals surface area contributed by atoms with Crippen molar-refractivity contribution >= 4 is 34.8 Å². The van der Waals surface area contributed by atoms with Gasteiger partial charge in [0.2, 0.25) is 0 Å². The lowest BCUT2D eigenvalue weighted by molar-refractivity contribution is -0.0153. The molecule has 0 radical (unpaired) electrons. The van der Waals surface area contributed by atoms with Gasteiger partial charge in [0.1, 0.15) is 17.1 Å². The van der Waals surface area contributed by atoms with Crippen LogP contribution >= 0.6 is 24.4 Å². The summed E-state index contributed by atoms with van der Waals surface area (Å²) in [6.07, 6.45) is 15.4. The molecule has 4 rings (SSSR count). The van der Waals surface area contributed by atoms with Crippen molar-refractivity contribution in [3.63, 3.8) is 0 Å². The number of nitrogens with zero attached hydrogens (tertiary/aromatic N) is 2. The minimum Gasteiger partial charge on any atom is -0.508 e. The van der Waals surface area contributed by atoms with E-state index in [9.17, 15) is 5.11 Å². The minimum absolute atomic E-state index is 0.168. The monoisotopic (exact) mass is 526 g/mol. The Morgan fingerprint density at radius 3 is 2.47 bits per heavy atom. The third kappa shape index (κ3) is 6.10. The van der Waals surface area contributed by atoms with Gasteiger partial charge in [-0.25, -0.2) is 9.98 Å². The molecular formula is C30H42N2O2S2. The first-order valence-corrected chi connectivity index (χ1v) is 14.9. The fraction of sp³-hybridized carbons (Fsp3) is 0.733. The molecule has 0 unspecified atom stereocenters. The number of thiocarbonyl (C=S) groups is 2. The van der Waals surface area contributed by atoms with Crippen LogP contribution in [0.3, 0.4) is 0 Å². The van der Waals surface area contributed by atoms with E-state index >= 15 is 0 Å². The molecule has 36 heavy (non-hydrogen) atoms. The summed E-state index contributed by atoms with van der Waals surface area (Å²) in [6.45, 7) is 6.01. The van der Waals surface area contributed by atoms with Crippen molar-refractivity contribution in [2.24, 2.45) is 21.8 Å². The molecule has 0 bridgehead atoms. The molecule has 2 saturated carbocycles. The average molecular weight is 527 g/mol. The van der Waals surface area contributed by atoms with E-state index in [-0.39, 0.29) is 11.0 Å². The van der Waals surface area contributed by atoms with E-state index in [1.54, 1.807) is 0 Å². The first kappa shape index (κ1) is 27.5. The molecule has 0 saturated heterocycles. The number of ether oxygens (including phenoxy) is 1. The van der Waals surface area contributed by atoms with Gasteiger partial charge in [-0.3, -0.25) is 0 Å². The maximum atomic E-state index is 11.4. The van der Waals surface area contributed by atoms with Crippen LogP contribution < -0.4 is 4.74 Å². The van der Waals surface area contributed by atoms with E-state index in [1.807, 2.05) is 0 Å². The number of isothiocyanates is 2. The molecule has 0 amide bonds. The molecule has 2 aliphatic carbocycles. The highest BCUT2D eigenvalue weighted by Gasteiger charge is 2.48. The number of hydrogen-bond acceptors (Lipinski definition) is 6. The maximum absolute atomic E-state index is 11.4. The van der Waals surface area contributed by atoms with Crippen molar-refractivity contribution < 1.29 is 9.84 Å². The molecule has 1 N–H and O–H groups in total. The van der Waals surface area contributed by atoms with Crippen LogP contribution in [0.15, 0.2) is 22.1 Å². The summed E-state index contributed by atoms with van der Waals surface area (Å²) in [5.74, 6) is 2.56. The number of unbranched alkanes of at least 4 members (excludes halogenated alkanes) is 4. The molecule has 6 heteroatoms. The van der Waals surface area contributed by atoms with Crippen molar-refractivity contribution in [2.75, 3.05) is 13.1 Å². The Labute approximate surface area is 228 Å². The molecule has 1 aromatic carbocycles. The summed E-state index contributed by atoms with van der Waals surface area (Å²) in [6, 6.07) is 4.41. The molecule has 2 fully saturated rings. The Morgan fingerprint density at radius 2 is 1.72 bits per heavy atom. The van der Waals surface area contributed by atoms with Crippen LogP contribution in [0.5, 0.6) is 11.5 Å². The Bertz CT molecular complexity index is 1000. The van der Waals surface area contributed by atoms with E-state index in [4.69, 9.17) is 17.0 Å². The van der Waals surface area contributed by atoms with Crippen molar-refractivity contribution in [1.82, 2.24) is 0 Å². The van der Waals surface area contributed by atoms with Gasteiger partial charge < -0.3 is 9.84 Å². The summed E-state index contributed by atoms with van der Waals surface area (Å²) < 4.78 is 6.69. The molecule has 0 aromatic heterocycles. The largest absolute Gasteiger partial charge is 0.508 e. The highest BCUT2D eigenvalue weighted by atomic mass is 32.1. The lowest BCUT2D eigenvalue weighted by Crippen LogP contribution is -2.47. The Morgan fingerprint density at radius 1 is 1.00 bits per heavy atom. The predicted molar refractivity (Wildman–Crippen MR) is 154 cm³/mol. The van der Waals surface area contributed by atoms with Crippen LogP contribution in [-0.4, -0.2) is 34.1 Å². The van der Waals surface area contributed by atoms with E-state index in [1.165, 1.54) is 63.4 Å². The molecule has 3 aliphatic rings. The van der Waals surface area contributed by atoms with Gasteiger partial charge in [-0.1, -0.05) is 38.5 Å². The first-order valence-electron chi connectivity index (χ1n) is 14.0. The lowest BCUT2D eigenvalue weighted by atomic mass is 9.63. The van der Waals surface area contributed by atoms with Crippen molar-refractivity contribution in [3.05, 3.63) is 23.3 Å². The van der Waals surface area contributed by atoms with Gasteiger partial charge in [-0.2, -0.15) is 0 Å². The van der Waals surface area contributed by atoms with Gasteiger partial charge in [-0.05, 0) is 118 Å². The molecule has 1 heterocycles. The second kappa shape index (κ2) is 12.3. The van der Waals surface area contributed by atoms with Gasteiger partial charge in [0.05, 0.1) is 16.9 Å². The van der Waals surface area contributed by atoms with Gasteiger partial charge in [-0.15, -0.1) is 0 Å². The zero-order valence-electron chi connectivity index (χ0n) is 22.1. The predicted octanol–water partition coefficient (Wildman–Crippen LogP) is 8.42. The van der Waals surface area contributed by atoms with Crippen LogP contribution in [0, 0.1) is 11.8 Å². The molecule has 1 aliphatic heterocycles. The smallest absolute Gasteiger partial charge is 0.127 e. The van der Waals surface area contributed by atoms with Gasteiger partial charge >= 0.3 is 0 Å². The average Bonchev–Trinajstić information content (AvgIpc) is 3.33. The normalized spacial score (nSPS) is 25.6. The minimum atomic E-state index is -0.239. The Balaban J connectivity index is 1.52. The summed E-state index contributed by atoms with van der Waals surface area (Å²) in [5.41, 5.74) is 2.25. The van der Waals surface area contributed by atoms with Crippen molar-refractivity contribution in [1.29, 1.82) is 0 Å². The third-order valence-electron chi connectivity index (χ3n) is 9.29. The van der Waals surface area contributed by atoms with E-state index in [0.717, 1.165) is 50.1 Å². The number of aliphatic imine (C=N–C) groups is 2. The van der Waals surface area contributed by atoms with Crippen LogP contribution in [0.25, 0.3) is 0 Å². The van der Waals surface area contributed by atoms with Gasteiger partial charge in [0.25, 0.3) is 0 Å². The zero-order chi connectivity index (χ0) is 25.6. The Hall–Kier alpha value is -1.58. The van der Waals surface area contributed by atoms with Crippen LogP contribution in [-0.2, 0) is 5.41 Å². The van der Waals surface area contributed by atoms with Gasteiger partial charge in [0, 0.05) is 18.0 Å². The summed E-state index contributed by atoms with van der Waals surface area (Å²) >= 11 is 9.46. The fourth-order valence-electron chi connectivity index (χ4n) is 7.44. The Kier molecular flexibility index (Phi) is 9.39. The molecular weight excluding hydrogens is 484 g/mol. The summed E-state index contributed by atoms with van der Waals surface area (Å²) in [7, 11) is 0. The third-order valence-corrected chi connectivity index (χ3v) is 9.55.